The highest BCUT2D eigenvalue weighted by Crippen LogP contribution is 2.29. The summed E-state index contributed by atoms with van der Waals surface area (Å²) in [6, 6.07) is 9.33. The van der Waals surface area contributed by atoms with Crippen LogP contribution in [0.1, 0.15) is 38.2 Å². The van der Waals surface area contributed by atoms with E-state index < -0.39 is 0 Å². The second-order valence-electron chi connectivity index (χ2n) is 5.40. The molecule has 1 saturated carbocycles. The van der Waals surface area contributed by atoms with Crippen LogP contribution in [-0.4, -0.2) is 13.1 Å². The van der Waals surface area contributed by atoms with Crippen LogP contribution in [0.15, 0.2) is 24.3 Å². The third-order valence-electron chi connectivity index (χ3n) is 4.09. The number of benzene rings is 1. The lowest BCUT2D eigenvalue weighted by Gasteiger charge is -2.35. The molecule has 1 aromatic carbocycles. The van der Waals surface area contributed by atoms with E-state index in [1.165, 1.54) is 36.9 Å². The molecule has 1 aliphatic carbocycles. The van der Waals surface area contributed by atoms with E-state index in [1.54, 1.807) is 0 Å². The van der Waals surface area contributed by atoms with Crippen molar-refractivity contribution in [2.45, 2.75) is 45.2 Å². The number of hydrogen-bond acceptors (Lipinski definition) is 2. The molecule has 0 atom stereocenters. The average molecular weight is 232 g/mol. The maximum atomic E-state index is 5.70. The highest BCUT2D eigenvalue weighted by molar-refractivity contribution is 5.48. The Hall–Kier alpha value is -1.02. The van der Waals surface area contributed by atoms with Gasteiger partial charge in [-0.05, 0) is 49.3 Å². The first-order valence-corrected chi connectivity index (χ1v) is 6.72. The molecule has 0 aromatic heterocycles. The van der Waals surface area contributed by atoms with Crippen molar-refractivity contribution in [1.82, 2.24) is 0 Å². The minimum Gasteiger partial charge on any atom is -0.372 e. The number of anilines is 1. The molecule has 2 nitrogen and oxygen atoms in total. The summed E-state index contributed by atoms with van der Waals surface area (Å²) in [6.07, 6.45) is 5.38. The highest BCUT2D eigenvalue weighted by atomic mass is 15.1. The van der Waals surface area contributed by atoms with Crippen molar-refractivity contribution in [2.24, 2.45) is 11.7 Å². The van der Waals surface area contributed by atoms with E-state index in [2.05, 4.69) is 43.1 Å². The molecule has 94 valence electrons. The standard InChI is InChI=1S/C15H24N2/c1-12-6-8-14(9-7-12)17(2)15-5-3-4-13(10-15)11-16/h3-5,10,12,14H,6-9,11,16H2,1-2H3. The van der Waals surface area contributed by atoms with Gasteiger partial charge in [-0.2, -0.15) is 0 Å². The van der Waals surface area contributed by atoms with Crippen LogP contribution in [0.4, 0.5) is 5.69 Å². The normalized spacial score (nSPS) is 24.6. The van der Waals surface area contributed by atoms with Gasteiger partial charge in [0.2, 0.25) is 0 Å². The second-order valence-corrected chi connectivity index (χ2v) is 5.40. The summed E-state index contributed by atoms with van der Waals surface area (Å²) in [5.41, 5.74) is 8.23. The summed E-state index contributed by atoms with van der Waals surface area (Å²) in [6.45, 7) is 2.99. The molecule has 17 heavy (non-hydrogen) atoms. The van der Waals surface area contributed by atoms with Crippen LogP contribution in [0, 0.1) is 5.92 Å². The molecule has 0 spiro atoms. The Labute approximate surface area is 105 Å². The van der Waals surface area contributed by atoms with Crippen LogP contribution in [0.5, 0.6) is 0 Å². The first kappa shape index (κ1) is 12.4. The third kappa shape index (κ3) is 3.01. The molecule has 0 saturated heterocycles. The molecular formula is C15H24N2. The Balaban J connectivity index is 2.05. The maximum absolute atomic E-state index is 5.70. The maximum Gasteiger partial charge on any atom is 0.0369 e. The summed E-state index contributed by atoms with van der Waals surface area (Å²) >= 11 is 0. The number of nitrogens with zero attached hydrogens (tertiary/aromatic N) is 1. The Bertz CT molecular complexity index is 354. The molecule has 2 heteroatoms. The zero-order chi connectivity index (χ0) is 12.3. The fourth-order valence-electron chi connectivity index (χ4n) is 2.74. The van der Waals surface area contributed by atoms with E-state index in [1.807, 2.05) is 0 Å². The molecule has 0 radical (unpaired) electrons. The summed E-state index contributed by atoms with van der Waals surface area (Å²) in [5.74, 6) is 0.912. The fraction of sp³-hybridized carbons (Fsp3) is 0.600. The third-order valence-corrected chi connectivity index (χ3v) is 4.09. The topological polar surface area (TPSA) is 29.3 Å². The van der Waals surface area contributed by atoms with Gasteiger partial charge in [-0.25, -0.2) is 0 Å². The highest BCUT2D eigenvalue weighted by Gasteiger charge is 2.21. The average Bonchev–Trinajstić information content (AvgIpc) is 2.39. The summed E-state index contributed by atoms with van der Waals surface area (Å²) in [5, 5.41) is 0. The Kier molecular flexibility index (Phi) is 4.06. The molecule has 1 aromatic rings. The first-order valence-electron chi connectivity index (χ1n) is 6.72. The lowest BCUT2D eigenvalue weighted by molar-refractivity contribution is 0.341. The summed E-state index contributed by atoms with van der Waals surface area (Å²) in [4.78, 5) is 2.44. The first-order chi connectivity index (χ1) is 8.20. The smallest absolute Gasteiger partial charge is 0.0369 e. The van der Waals surface area contributed by atoms with Crippen molar-refractivity contribution in [2.75, 3.05) is 11.9 Å². The lowest BCUT2D eigenvalue weighted by atomic mass is 9.86. The van der Waals surface area contributed by atoms with Crippen molar-refractivity contribution in [3.05, 3.63) is 29.8 Å². The fourth-order valence-corrected chi connectivity index (χ4v) is 2.74. The van der Waals surface area contributed by atoms with Gasteiger partial charge in [0.25, 0.3) is 0 Å². The van der Waals surface area contributed by atoms with E-state index >= 15 is 0 Å². The quantitative estimate of drug-likeness (QED) is 0.867. The molecule has 0 bridgehead atoms. The monoisotopic (exact) mass is 232 g/mol. The van der Waals surface area contributed by atoms with Gasteiger partial charge in [-0.1, -0.05) is 19.1 Å². The molecule has 1 aliphatic rings. The van der Waals surface area contributed by atoms with Gasteiger partial charge in [-0.15, -0.1) is 0 Å². The van der Waals surface area contributed by atoms with Crippen molar-refractivity contribution in [1.29, 1.82) is 0 Å². The molecule has 0 amide bonds. The number of rotatable bonds is 3. The van der Waals surface area contributed by atoms with E-state index in [0.29, 0.717) is 12.6 Å². The minimum absolute atomic E-state index is 0.628. The summed E-state index contributed by atoms with van der Waals surface area (Å²) < 4.78 is 0. The molecule has 1 fully saturated rings. The predicted molar refractivity (Wildman–Crippen MR) is 74.2 cm³/mol. The van der Waals surface area contributed by atoms with Crippen LogP contribution in [0.3, 0.4) is 0 Å². The number of hydrogen-bond donors (Lipinski definition) is 1. The van der Waals surface area contributed by atoms with Gasteiger partial charge >= 0.3 is 0 Å². The molecule has 2 N–H and O–H groups in total. The second kappa shape index (κ2) is 5.54. The SMILES string of the molecule is CC1CCC(N(C)c2cccc(CN)c2)CC1. The van der Waals surface area contributed by atoms with Crippen LogP contribution in [0.2, 0.25) is 0 Å². The van der Waals surface area contributed by atoms with Crippen molar-refractivity contribution in [3.63, 3.8) is 0 Å². The van der Waals surface area contributed by atoms with Crippen LogP contribution >= 0.6 is 0 Å². The van der Waals surface area contributed by atoms with Gasteiger partial charge < -0.3 is 10.6 Å². The zero-order valence-electron chi connectivity index (χ0n) is 11.0. The van der Waals surface area contributed by atoms with E-state index in [-0.39, 0.29) is 0 Å². The molecule has 2 rings (SSSR count). The van der Waals surface area contributed by atoms with Gasteiger partial charge in [-0.3, -0.25) is 0 Å². The van der Waals surface area contributed by atoms with Crippen LogP contribution in [-0.2, 0) is 6.54 Å². The Morgan fingerprint density at radius 3 is 2.59 bits per heavy atom. The van der Waals surface area contributed by atoms with E-state index in [9.17, 15) is 0 Å². The van der Waals surface area contributed by atoms with Gasteiger partial charge in [0.05, 0.1) is 0 Å². The molecule has 0 heterocycles. The van der Waals surface area contributed by atoms with Gasteiger partial charge in [0.1, 0.15) is 0 Å². The predicted octanol–water partition coefficient (Wildman–Crippen LogP) is 3.16. The molecule has 0 aliphatic heterocycles. The van der Waals surface area contributed by atoms with Gasteiger partial charge in [0, 0.05) is 25.3 Å². The lowest BCUT2D eigenvalue weighted by Crippen LogP contribution is -2.34. The Morgan fingerprint density at radius 1 is 1.24 bits per heavy atom. The van der Waals surface area contributed by atoms with Crippen molar-refractivity contribution >= 4 is 5.69 Å². The van der Waals surface area contributed by atoms with Crippen LogP contribution in [0.25, 0.3) is 0 Å². The number of nitrogens with two attached hydrogens (primary N) is 1. The van der Waals surface area contributed by atoms with E-state index in [4.69, 9.17) is 5.73 Å². The molecular weight excluding hydrogens is 208 g/mol. The Morgan fingerprint density at radius 2 is 1.94 bits per heavy atom. The van der Waals surface area contributed by atoms with Crippen LogP contribution < -0.4 is 10.6 Å². The van der Waals surface area contributed by atoms with E-state index in [0.717, 1.165) is 5.92 Å². The minimum atomic E-state index is 0.628. The largest absolute Gasteiger partial charge is 0.372 e. The zero-order valence-corrected chi connectivity index (χ0v) is 11.0. The van der Waals surface area contributed by atoms with Crippen molar-refractivity contribution in [3.8, 4) is 0 Å². The van der Waals surface area contributed by atoms with Gasteiger partial charge in [0.15, 0.2) is 0 Å². The molecule has 0 unspecified atom stereocenters. The van der Waals surface area contributed by atoms with Crippen molar-refractivity contribution < 1.29 is 0 Å². The summed E-state index contributed by atoms with van der Waals surface area (Å²) in [7, 11) is 2.22.